The van der Waals surface area contributed by atoms with Crippen LogP contribution in [0.2, 0.25) is 0 Å². The molecule has 2 rings (SSSR count). The van der Waals surface area contributed by atoms with Crippen LogP contribution < -0.4 is 11.1 Å². The second kappa shape index (κ2) is 6.75. The molecule has 0 fully saturated rings. The summed E-state index contributed by atoms with van der Waals surface area (Å²) in [6.45, 7) is 0.844. The van der Waals surface area contributed by atoms with Crippen LogP contribution in [0.3, 0.4) is 0 Å². The van der Waals surface area contributed by atoms with Crippen LogP contribution in [0.1, 0.15) is 37.7 Å². The largest absolute Gasteiger partial charge is 0.398 e. The fraction of sp³-hybridized carbons (Fsp3) is 0.400. The number of nitrogens with one attached hydrogen (secondary N) is 2. The van der Waals surface area contributed by atoms with Crippen molar-refractivity contribution in [2.75, 3.05) is 17.6 Å². The lowest BCUT2D eigenvalue weighted by Gasteiger charge is -2.13. The Labute approximate surface area is 122 Å². The lowest BCUT2D eigenvalue weighted by Crippen LogP contribution is -2.08. The summed E-state index contributed by atoms with van der Waals surface area (Å²) < 4.78 is 0.938. The van der Waals surface area contributed by atoms with E-state index in [-0.39, 0.29) is 0 Å². The van der Waals surface area contributed by atoms with E-state index in [2.05, 4.69) is 27.3 Å². The number of hydrogen-bond donors (Lipinski definition) is 3. The maximum Gasteiger partial charge on any atom is 0.0463 e. The molecule has 0 aromatic heterocycles. The van der Waals surface area contributed by atoms with Crippen molar-refractivity contribution in [2.24, 2.45) is 0 Å². The first kappa shape index (κ1) is 14.1. The highest BCUT2D eigenvalue weighted by Crippen LogP contribution is 2.27. The van der Waals surface area contributed by atoms with Crippen molar-refractivity contribution in [3.63, 3.8) is 0 Å². The number of halogens is 1. The fourth-order valence-corrected chi connectivity index (χ4v) is 2.87. The molecule has 3 nitrogen and oxygen atoms in total. The smallest absolute Gasteiger partial charge is 0.0463 e. The average molecular weight is 322 g/mol. The quantitative estimate of drug-likeness (QED) is 0.439. The summed E-state index contributed by atoms with van der Waals surface area (Å²) in [5, 5.41) is 10.9. The Balaban J connectivity index is 2.10. The van der Waals surface area contributed by atoms with Crippen LogP contribution in [-0.4, -0.2) is 12.8 Å². The summed E-state index contributed by atoms with van der Waals surface area (Å²) in [4.78, 5) is 0. The zero-order valence-electron chi connectivity index (χ0n) is 11.0. The number of nitrogen functional groups attached to an aromatic ring is 1. The summed E-state index contributed by atoms with van der Waals surface area (Å²) in [6.07, 6.45) is 9.95. The van der Waals surface area contributed by atoms with E-state index >= 15 is 0 Å². The number of benzene rings is 1. The predicted octanol–water partition coefficient (Wildman–Crippen LogP) is 4.33. The Morgan fingerprint density at radius 2 is 2.16 bits per heavy atom. The summed E-state index contributed by atoms with van der Waals surface area (Å²) in [6, 6.07) is 3.81. The van der Waals surface area contributed by atoms with E-state index in [1.807, 2.05) is 12.1 Å². The third-order valence-electron chi connectivity index (χ3n) is 3.46. The summed E-state index contributed by atoms with van der Waals surface area (Å²) in [7, 11) is 0. The van der Waals surface area contributed by atoms with Gasteiger partial charge in [-0.1, -0.05) is 34.0 Å². The average Bonchev–Trinajstić information content (AvgIpc) is 2.64. The van der Waals surface area contributed by atoms with Crippen molar-refractivity contribution in [3.8, 4) is 0 Å². The van der Waals surface area contributed by atoms with Gasteiger partial charge in [0.15, 0.2) is 0 Å². The first-order valence-electron chi connectivity index (χ1n) is 6.72. The van der Waals surface area contributed by atoms with Crippen LogP contribution >= 0.6 is 15.9 Å². The Morgan fingerprint density at radius 1 is 1.32 bits per heavy atom. The Morgan fingerprint density at radius 3 is 2.95 bits per heavy atom. The van der Waals surface area contributed by atoms with Crippen LogP contribution in [-0.2, 0) is 0 Å². The summed E-state index contributed by atoms with van der Waals surface area (Å²) in [5.41, 5.74) is 9.71. The molecule has 1 aromatic carbocycles. The molecule has 4 heteroatoms. The molecule has 0 aliphatic heterocycles. The maximum absolute atomic E-state index is 7.48. The third kappa shape index (κ3) is 3.83. The molecule has 0 atom stereocenters. The molecular weight excluding hydrogens is 302 g/mol. The van der Waals surface area contributed by atoms with Crippen molar-refractivity contribution >= 4 is 33.5 Å². The Hall–Kier alpha value is -1.29. The molecule has 0 spiro atoms. The lowest BCUT2D eigenvalue weighted by atomic mass is 10.1. The number of nitrogens with two attached hydrogens (primary N) is 1. The second-order valence-electron chi connectivity index (χ2n) is 4.92. The molecule has 4 N–H and O–H groups in total. The molecule has 0 saturated heterocycles. The molecule has 102 valence electrons. The molecule has 19 heavy (non-hydrogen) atoms. The van der Waals surface area contributed by atoms with Gasteiger partial charge in [-0.05, 0) is 37.8 Å². The molecule has 1 aliphatic rings. The van der Waals surface area contributed by atoms with Gasteiger partial charge in [0.05, 0.1) is 0 Å². The van der Waals surface area contributed by atoms with Crippen molar-refractivity contribution in [3.05, 3.63) is 33.8 Å². The van der Waals surface area contributed by atoms with Gasteiger partial charge in [-0.3, -0.25) is 0 Å². The number of allylic oxidation sites excluding steroid dienone is 1. The SMILES string of the molecule is N=Cc1c(N)cc(Br)cc1NCC1=CCCCCC1. The second-order valence-corrected chi connectivity index (χ2v) is 5.83. The van der Waals surface area contributed by atoms with Gasteiger partial charge in [0.25, 0.3) is 0 Å². The first-order valence-corrected chi connectivity index (χ1v) is 7.51. The van der Waals surface area contributed by atoms with E-state index in [1.165, 1.54) is 43.9 Å². The Kier molecular flexibility index (Phi) is 5.02. The molecule has 0 heterocycles. The molecule has 0 radical (unpaired) electrons. The van der Waals surface area contributed by atoms with Crippen LogP contribution in [0.5, 0.6) is 0 Å². The van der Waals surface area contributed by atoms with Gasteiger partial charge in [0.2, 0.25) is 0 Å². The van der Waals surface area contributed by atoms with E-state index in [1.54, 1.807) is 0 Å². The Bertz CT molecular complexity index is 494. The number of hydrogen-bond acceptors (Lipinski definition) is 3. The lowest BCUT2D eigenvalue weighted by molar-refractivity contribution is 0.709. The molecule has 1 aliphatic carbocycles. The van der Waals surface area contributed by atoms with Crippen molar-refractivity contribution < 1.29 is 0 Å². The monoisotopic (exact) mass is 321 g/mol. The third-order valence-corrected chi connectivity index (χ3v) is 3.92. The van der Waals surface area contributed by atoms with Crippen LogP contribution in [0.25, 0.3) is 0 Å². The van der Waals surface area contributed by atoms with Gasteiger partial charge in [0, 0.05) is 34.2 Å². The first-order chi connectivity index (χ1) is 9.20. The van der Waals surface area contributed by atoms with E-state index < -0.39 is 0 Å². The highest BCUT2D eigenvalue weighted by atomic mass is 79.9. The maximum atomic E-state index is 7.48. The van der Waals surface area contributed by atoms with Gasteiger partial charge in [-0.25, -0.2) is 0 Å². The zero-order chi connectivity index (χ0) is 13.7. The molecule has 0 amide bonds. The van der Waals surface area contributed by atoms with Crippen LogP contribution in [0.4, 0.5) is 11.4 Å². The van der Waals surface area contributed by atoms with Gasteiger partial charge < -0.3 is 16.5 Å². The van der Waals surface area contributed by atoms with Crippen LogP contribution in [0, 0.1) is 5.41 Å². The van der Waals surface area contributed by atoms with E-state index in [0.29, 0.717) is 5.69 Å². The fourth-order valence-electron chi connectivity index (χ4n) is 2.40. The minimum absolute atomic E-state index is 0.627. The summed E-state index contributed by atoms with van der Waals surface area (Å²) in [5.74, 6) is 0. The van der Waals surface area contributed by atoms with Gasteiger partial charge in [0.1, 0.15) is 0 Å². The predicted molar refractivity (Wildman–Crippen MR) is 86.1 cm³/mol. The van der Waals surface area contributed by atoms with Crippen LogP contribution in [0.15, 0.2) is 28.3 Å². The molecular formula is C15H20BrN3. The molecule has 1 aromatic rings. The molecule has 0 unspecified atom stereocenters. The van der Waals surface area contributed by atoms with Crippen molar-refractivity contribution in [2.45, 2.75) is 32.1 Å². The highest BCUT2D eigenvalue weighted by molar-refractivity contribution is 9.10. The summed E-state index contributed by atoms with van der Waals surface area (Å²) >= 11 is 3.45. The highest BCUT2D eigenvalue weighted by Gasteiger charge is 2.08. The minimum atomic E-state index is 0.627. The van der Waals surface area contributed by atoms with Crippen molar-refractivity contribution in [1.29, 1.82) is 5.41 Å². The normalized spacial score (nSPS) is 15.5. The van der Waals surface area contributed by atoms with E-state index in [0.717, 1.165) is 22.3 Å². The van der Waals surface area contributed by atoms with Gasteiger partial charge >= 0.3 is 0 Å². The minimum Gasteiger partial charge on any atom is -0.398 e. The van der Waals surface area contributed by atoms with Gasteiger partial charge in [-0.15, -0.1) is 0 Å². The van der Waals surface area contributed by atoms with Crippen molar-refractivity contribution in [1.82, 2.24) is 0 Å². The zero-order valence-corrected chi connectivity index (χ0v) is 12.6. The standard InChI is InChI=1S/C15H20BrN3/c16-12-7-14(18)13(9-17)15(8-12)19-10-11-5-3-1-2-4-6-11/h5,7-9,17,19H,1-4,6,10,18H2. The molecule has 0 bridgehead atoms. The van der Waals surface area contributed by atoms with E-state index in [9.17, 15) is 0 Å². The number of rotatable bonds is 4. The molecule has 0 saturated carbocycles. The van der Waals surface area contributed by atoms with Gasteiger partial charge in [-0.2, -0.15) is 0 Å². The topological polar surface area (TPSA) is 61.9 Å². The number of anilines is 2. The van der Waals surface area contributed by atoms with E-state index in [4.69, 9.17) is 11.1 Å².